The van der Waals surface area contributed by atoms with Gasteiger partial charge in [0.05, 0.1) is 10.9 Å². The fourth-order valence-corrected chi connectivity index (χ4v) is 5.94. The van der Waals surface area contributed by atoms with Gasteiger partial charge in [-0.2, -0.15) is 13.2 Å². The second-order valence-corrected chi connectivity index (χ2v) is 9.58. The second kappa shape index (κ2) is 9.11. The zero-order valence-corrected chi connectivity index (χ0v) is 18.8. The lowest BCUT2D eigenvalue weighted by atomic mass is 9.71. The van der Waals surface area contributed by atoms with E-state index in [0.29, 0.717) is 5.56 Å². The number of halogens is 4. The highest BCUT2D eigenvalue weighted by Crippen LogP contribution is 2.53. The molecule has 0 bridgehead atoms. The van der Waals surface area contributed by atoms with Gasteiger partial charge in [0.25, 0.3) is 0 Å². The van der Waals surface area contributed by atoms with Crippen molar-refractivity contribution in [1.82, 2.24) is 5.32 Å². The van der Waals surface area contributed by atoms with Crippen LogP contribution in [0.25, 0.3) is 0 Å². The maximum atomic E-state index is 13.4. The third-order valence-electron chi connectivity index (χ3n) is 6.98. The fourth-order valence-electron chi connectivity index (χ4n) is 5.61. The third-order valence-corrected chi connectivity index (χ3v) is 7.37. The maximum absolute atomic E-state index is 13.4. The Morgan fingerprint density at radius 3 is 2.48 bits per heavy atom. The topological polar surface area (TPSA) is 72.2 Å². The van der Waals surface area contributed by atoms with Crippen molar-refractivity contribution < 1.29 is 22.8 Å². The van der Waals surface area contributed by atoms with Crippen molar-refractivity contribution in [3.8, 4) is 0 Å². The molecule has 1 aliphatic heterocycles. The molecule has 2 atom stereocenters. The van der Waals surface area contributed by atoms with Crippen molar-refractivity contribution in [2.45, 2.75) is 55.0 Å². The highest BCUT2D eigenvalue weighted by molar-refractivity contribution is 6.22. The number of alkyl halides is 4. The minimum absolute atomic E-state index is 0.0684. The van der Waals surface area contributed by atoms with Crippen LogP contribution in [-0.2, 0) is 16.4 Å². The summed E-state index contributed by atoms with van der Waals surface area (Å²) in [5.41, 5.74) is 6.69. The van der Waals surface area contributed by atoms with Gasteiger partial charge in [0.15, 0.2) is 5.78 Å². The molecular formula is C25H26ClF3N2O2. The molecule has 1 heterocycles. The molecule has 2 unspecified atom stereocenters. The number of rotatable bonds is 6. The Hall–Kier alpha value is -2.38. The predicted octanol–water partition coefficient (Wildman–Crippen LogP) is 5.24. The number of carbonyl (C=O) groups is 2. The molecular weight excluding hydrogens is 453 g/mol. The molecule has 0 radical (unpaired) electrons. The quantitative estimate of drug-likeness (QED) is 0.440. The molecule has 1 saturated heterocycles. The van der Waals surface area contributed by atoms with E-state index in [0.717, 1.165) is 49.5 Å². The normalized spacial score (nSPS) is 20.4. The predicted molar refractivity (Wildman–Crippen MR) is 120 cm³/mol. The number of piperidine rings is 1. The number of ketones is 1. The molecule has 176 valence electrons. The number of nitrogens with one attached hydrogen (secondary N) is 1. The van der Waals surface area contributed by atoms with Gasteiger partial charge in [-0.25, -0.2) is 0 Å². The van der Waals surface area contributed by atoms with Gasteiger partial charge in [-0.1, -0.05) is 36.4 Å². The van der Waals surface area contributed by atoms with Crippen LogP contribution in [0.5, 0.6) is 0 Å². The molecule has 3 N–H and O–H groups in total. The average molecular weight is 479 g/mol. The Morgan fingerprint density at radius 2 is 1.82 bits per heavy atom. The molecule has 0 aromatic heterocycles. The van der Waals surface area contributed by atoms with Crippen molar-refractivity contribution in [3.63, 3.8) is 0 Å². The lowest BCUT2D eigenvalue weighted by molar-refractivity contribution is -0.138. The monoisotopic (exact) mass is 478 g/mol. The number of hydrogen-bond donors (Lipinski definition) is 2. The van der Waals surface area contributed by atoms with Gasteiger partial charge in [-0.15, -0.1) is 11.6 Å². The summed E-state index contributed by atoms with van der Waals surface area (Å²) < 4.78 is 40.3. The number of fused-ring (bicyclic) bond motifs is 2. The summed E-state index contributed by atoms with van der Waals surface area (Å²) in [6.45, 7) is 1.59. The Kier molecular flexibility index (Phi) is 6.56. The van der Waals surface area contributed by atoms with Gasteiger partial charge < -0.3 is 11.1 Å². The first-order chi connectivity index (χ1) is 15.6. The smallest absolute Gasteiger partial charge is 0.370 e. The summed E-state index contributed by atoms with van der Waals surface area (Å²) in [7, 11) is 0. The van der Waals surface area contributed by atoms with E-state index in [1.54, 1.807) is 12.1 Å². The lowest BCUT2D eigenvalue weighted by Gasteiger charge is -2.36. The van der Waals surface area contributed by atoms with Crippen LogP contribution < -0.4 is 11.1 Å². The molecule has 0 saturated carbocycles. The van der Waals surface area contributed by atoms with Crippen molar-refractivity contribution in [3.05, 3.63) is 70.3 Å². The first kappa shape index (κ1) is 23.8. The van der Waals surface area contributed by atoms with Gasteiger partial charge in [-0.3, -0.25) is 9.59 Å². The summed E-state index contributed by atoms with van der Waals surface area (Å²) in [6.07, 6.45) is -2.22. The summed E-state index contributed by atoms with van der Waals surface area (Å²) in [5.74, 6) is -0.749. The Bertz CT molecular complexity index is 1060. The molecule has 4 rings (SSSR count). The molecule has 1 spiro atoms. The van der Waals surface area contributed by atoms with Crippen LogP contribution in [-0.4, -0.2) is 24.8 Å². The molecule has 1 aliphatic carbocycles. The molecule has 33 heavy (non-hydrogen) atoms. The summed E-state index contributed by atoms with van der Waals surface area (Å²) in [6, 6.07) is 10.5. The molecule has 1 amide bonds. The van der Waals surface area contributed by atoms with Crippen LogP contribution in [0.4, 0.5) is 13.2 Å². The zero-order chi connectivity index (χ0) is 23.8. The molecule has 2 aromatic rings. The third kappa shape index (κ3) is 4.66. The first-order valence-corrected chi connectivity index (χ1v) is 11.5. The number of Topliss-reactive ketones (excluding diaryl/α,β-unsaturated/α-hetero) is 1. The van der Waals surface area contributed by atoms with E-state index < -0.39 is 23.0 Å². The van der Waals surface area contributed by atoms with Crippen molar-refractivity contribution in [2.75, 3.05) is 13.1 Å². The van der Waals surface area contributed by atoms with E-state index >= 15 is 0 Å². The molecule has 1 fully saturated rings. The zero-order valence-electron chi connectivity index (χ0n) is 18.1. The van der Waals surface area contributed by atoms with Crippen molar-refractivity contribution in [1.29, 1.82) is 0 Å². The van der Waals surface area contributed by atoms with Crippen LogP contribution in [0.2, 0.25) is 0 Å². The summed E-state index contributed by atoms with van der Waals surface area (Å²) in [4.78, 5) is 25.1. The number of hydrogen-bond acceptors (Lipinski definition) is 3. The van der Waals surface area contributed by atoms with Crippen LogP contribution in [0, 0.1) is 0 Å². The van der Waals surface area contributed by atoms with E-state index in [1.807, 2.05) is 6.07 Å². The number of nitrogens with two attached hydrogens (primary N) is 1. The maximum Gasteiger partial charge on any atom is 0.416 e. The number of primary amides is 1. The van der Waals surface area contributed by atoms with E-state index in [2.05, 4.69) is 5.32 Å². The standard InChI is InChI=1S/C25H26ClF3N2O2/c26-20(17-4-1-2-7-19(17)25(27,28)29)13-21(32)18-6-3-5-16-15(12-22(30)33)14-24(23(16)18)8-10-31-11-9-24/h1-7,15,20,31H,8-14H2,(H2,30,33). The molecule has 2 aliphatic rings. The van der Waals surface area contributed by atoms with Gasteiger partial charge in [-0.05, 0) is 66.4 Å². The number of amides is 1. The van der Waals surface area contributed by atoms with E-state index in [1.165, 1.54) is 18.2 Å². The fraction of sp³-hybridized carbons (Fsp3) is 0.440. The molecule has 4 nitrogen and oxygen atoms in total. The van der Waals surface area contributed by atoms with Crippen LogP contribution in [0.3, 0.4) is 0 Å². The Labute approximate surface area is 195 Å². The highest BCUT2D eigenvalue weighted by Gasteiger charge is 2.46. The van der Waals surface area contributed by atoms with Crippen LogP contribution in [0.15, 0.2) is 42.5 Å². The van der Waals surface area contributed by atoms with Crippen molar-refractivity contribution in [2.24, 2.45) is 5.73 Å². The number of carbonyl (C=O) groups excluding carboxylic acids is 2. The minimum atomic E-state index is -4.55. The van der Waals surface area contributed by atoms with Crippen molar-refractivity contribution >= 4 is 23.3 Å². The lowest BCUT2D eigenvalue weighted by Crippen LogP contribution is -2.39. The first-order valence-electron chi connectivity index (χ1n) is 11.1. The SMILES string of the molecule is NC(=O)CC1CC2(CCNCC2)c2c(C(=O)CC(Cl)c3ccccc3C(F)(F)F)cccc21. The highest BCUT2D eigenvalue weighted by atomic mass is 35.5. The van der Waals surface area contributed by atoms with Gasteiger partial charge >= 0.3 is 6.18 Å². The van der Waals surface area contributed by atoms with E-state index in [9.17, 15) is 22.8 Å². The molecule has 2 aromatic carbocycles. The van der Waals surface area contributed by atoms with Crippen LogP contribution in [0.1, 0.15) is 76.0 Å². The second-order valence-electron chi connectivity index (χ2n) is 9.05. The van der Waals surface area contributed by atoms with Crippen LogP contribution >= 0.6 is 11.6 Å². The van der Waals surface area contributed by atoms with Gasteiger partial charge in [0.1, 0.15) is 0 Å². The Morgan fingerprint density at radius 1 is 1.12 bits per heavy atom. The van der Waals surface area contributed by atoms with E-state index in [-0.39, 0.29) is 35.5 Å². The van der Waals surface area contributed by atoms with Gasteiger partial charge in [0, 0.05) is 18.4 Å². The van der Waals surface area contributed by atoms with Gasteiger partial charge in [0.2, 0.25) is 5.91 Å². The average Bonchev–Trinajstić information content (AvgIpc) is 3.05. The number of benzene rings is 2. The van der Waals surface area contributed by atoms with E-state index in [4.69, 9.17) is 17.3 Å². The minimum Gasteiger partial charge on any atom is -0.370 e. The molecule has 8 heteroatoms. The largest absolute Gasteiger partial charge is 0.416 e. The summed E-state index contributed by atoms with van der Waals surface area (Å²) in [5, 5.41) is 2.23. The Balaban J connectivity index is 1.69. The summed E-state index contributed by atoms with van der Waals surface area (Å²) >= 11 is 6.40.